The lowest BCUT2D eigenvalue weighted by molar-refractivity contribution is -0.0243. The van der Waals surface area contributed by atoms with Gasteiger partial charge in [0.25, 0.3) is 0 Å². The van der Waals surface area contributed by atoms with E-state index in [4.69, 9.17) is 14.2 Å². The number of ether oxygens (including phenoxy) is 3. The third-order valence-electron chi connectivity index (χ3n) is 7.47. The number of halogens is 1. The molecule has 218 valence electrons. The van der Waals surface area contributed by atoms with Crippen LogP contribution in [0.2, 0.25) is 0 Å². The number of hydrogen-bond acceptors (Lipinski definition) is 7. The Labute approximate surface area is 241 Å². The Bertz CT molecular complexity index is 1310. The van der Waals surface area contributed by atoms with Gasteiger partial charge in [0, 0.05) is 49.5 Å². The van der Waals surface area contributed by atoms with Crippen LogP contribution in [-0.2, 0) is 16.7 Å². The van der Waals surface area contributed by atoms with Crippen molar-refractivity contribution in [3.8, 4) is 17.4 Å². The Morgan fingerprint density at radius 3 is 2.02 bits per heavy atom. The summed E-state index contributed by atoms with van der Waals surface area (Å²) in [5.41, 5.74) is 2.55. The minimum absolute atomic E-state index is 0.0411. The van der Waals surface area contributed by atoms with Gasteiger partial charge in [-0.25, -0.2) is 9.18 Å². The van der Waals surface area contributed by atoms with E-state index in [1.807, 2.05) is 56.0 Å². The number of aromatic nitrogens is 2. The average molecular weight is 563 g/mol. The Balaban J connectivity index is 1.10. The van der Waals surface area contributed by atoms with E-state index in [1.54, 1.807) is 6.07 Å². The van der Waals surface area contributed by atoms with Gasteiger partial charge in [0.2, 0.25) is 5.88 Å². The predicted molar refractivity (Wildman–Crippen MR) is 154 cm³/mol. The molecule has 1 aromatic heterocycles. The molecular weight excluding hydrogens is 523 g/mol. The maximum atomic E-state index is 13.0. The summed E-state index contributed by atoms with van der Waals surface area (Å²) < 4.78 is 30.4. The molecule has 2 aliphatic rings. The van der Waals surface area contributed by atoms with Gasteiger partial charge < -0.3 is 19.5 Å². The van der Waals surface area contributed by atoms with Crippen LogP contribution >= 0.6 is 0 Å². The zero-order valence-corrected chi connectivity index (χ0v) is 24.4. The lowest BCUT2D eigenvalue weighted by atomic mass is 9.78. The van der Waals surface area contributed by atoms with E-state index in [0.29, 0.717) is 44.1 Å². The fourth-order valence-corrected chi connectivity index (χ4v) is 4.92. The largest absolute Gasteiger partial charge is 0.490 e. The number of nitrogens with zero attached hydrogens (tertiary/aromatic N) is 3. The van der Waals surface area contributed by atoms with Crippen LogP contribution < -0.4 is 14.8 Å². The van der Waals surface area contributed by atoms with Gasteiger partial charge in [0.1, 0.15) is 29.9 Å². The fourth-order valence-electron chi connectivity index (χ4n) is 4.92. The van der Waals surface area contributed by atoms with E-state index in [9.17, 15) is 9.18 Å². The number of hydrogen-bond donors (Lipinski definition) is 1. The van der Waals surface area contributed by atoms with E-state index < -0.39 is 6.17 Å². The molecule has 0 bridgehead atoms. The number of rotatable bonds is 9. The number of nitrogens with one attached hydrogen (secondary N) is 1. The third-order valence-corrected chi connectivity index (χ3v) is 7.47. The van der Waals surface area contributed by atoms with Crippen molar-refractivity contribution in [2.24, 2.45) is 0 Å². The van der Waals surface area contributed by atoms with Gasteiger partial charge >= 0.3 is 6.09 Å². The first-order chi connectivity index (χ1) is 19.4. The van der Waals surface area contributed by atoms with Crippen LogP contribution in [0.25, 0.3) is 0 Å². The number of alkyl carbamates (subject to hydrolysis) is 1. The number of carbonyl (C=O) groups excluding carboxylic acids is 1. The van der Waals surface area contributed by atoms with Crippen molar-refractivity contribution < 1.29 is 23.4 Å². The summed E-state index contributed by atoms with van der Waals surface area (Å²) in [5, 5.41) is 11.2. The molecule has 2 aromatic carbocycles. The zero-order chi connectivity index (χ0) is 29.2. The first-order valence-corrected chi connectivity index (χ1v) is 14.2. The van der Waals surface area contributed by atoms with Crippen LogP contribution in [0.4, 0.5) is 9.18 Å². The quantitative estimate of drug-likeness (QED) is 0.333. The van der Waals surface area contributed by atoms with Crippen molar-refractivity contribution in [1.29, 1.82) is 0 Å². The molecule has 3 aromatic rings. The molecule has 41 heavy (non-hydrogen) atoms. The van der Waals surface area contributed by atoms with E-state index in [2.05, 4.69) is 53.6 Å². The maximum Gasteiger partial charge on any atom is 0.407 e. The average Bonchev–Trinajstić information content (AvgIpc) is 2.87. The number of carbonyl (C=O) groups is 1. The molecule has 0 atom stereocenters. The van der Waals surface area contributed by atoms with Crippen LogP contribution in [-0.4, -0.2) is 58.2 Å². The molecule has 2 heterocycles. The minimum Gasteiger partial charge on any atom is -0.490 e. The Kier molecular flexibility index (Phi) is 8.18. The van der Waals surface area contributed by atoms with E-state index >= 15 is 0 Å². The molecule has 0 spiro atoms. The molecule has 0 radical (unpaired) electrons. The van der Waals surface area contributed by atoms with Crippen LogP contribution in [0.1, 0.15) is 64.3 Å². The summed E-state index contributed by atoms with van der Waals surface area (Å²) >= 11 is 0. The normalized spacial score (nSPS) is 19.6. The molecule has 1 saturated heterocycles. The van der Waals surface area contributed by atoms with Gasteiger partial charge in [-0.1, -0.05) is 38.1 Å². The lowest BCUT2D eigenvalue weighted by Crippen LogP contribution is -2.47. The fraction of sp³-hybridized carbons (Fsp3) is 0.469. The molecule has 0 unspecified atom stereocenters. The Morgan fingerprint density at radius 1 is 0.878 bits per heavy atom. The Morgan fingerprint density at radius 2 is 1.49 bits per heavy atom. The highest BCUT2D eigenvalue weighted by molar-refractivity contribution is 5.68. The third kappa shape index (κ3) is 7.52. The van der Waals surface area contributed by atoms with Crippen LogP contribution in [0.15, 0.2) is 60.7 Å². The van der Waals surface area contributed by atoms with Crippen molar-refractivity contribution in [2.75, 3.05) is 13.1 Å². The minimum atomic E-state index is -0.727. The van der Waals surface area contributed by atoms with E-state index in [-0.39, 0.29) is 29.3 Å². The maximum absolute atomic E-state index is 13.0. The topological polar surface area (TPSA) is 85.8 Å². The molecule has 1 aliphatic carbocycles. The standard InChI is InChI=1S/C32H39FN4O4/c1-31(2,3)34-30(38)41-28-16-27(17-28)39-25-11-6-21(7-12-25)32(4,5)22-8-13-26(14-9-22)40-29-15-10-24(35-36-29)20-37-18-23(33)19-37/h6-15,23,27-28H,16-20H2,1-5H3,(H,34,38). The summed E-state index contributed by atoms with van der Waals surface area (Å²) in [5.74, 6) is 1.90. The number of benzene rings is 2. The molecule has 9 heteroatoms. The first-order valence-electron chi connectivity index (χ1n) is 14.2. The van der Waals surface area contributed by atoms with Crippen LogP contribution in [0, 0.1) is 0 Å². The van der Waals surface area contributed by atoms with Crippen molar-refractivity contribution in [2.45, 2.75) is 83.3 Å². The second-order valence-electron chi connectivity index (χ2n) is 12.5. The molecule has 1 amide bonds. The van der Waals surface area contributed by atoms with Crippen LogP contribution in [0.5, 0.6) is 17.4 Å². The van der Waals surface area contributed by atoms with Crippen molar-refractivity contribution in [3.05, 3.63) is 77.5 Å². The molecule has 8 nitrogen and oxygen atoms in total. The summed E-state index contributed by atoms with van der Waals surface area (Å²) in [4.78, 5) is 13.9. The number of alkyl halides is 1. The SMILES string of the molecule is CC(C)(C)NC(=O)OC1CC(Oc2ccc(C(C)(C)c3ccc(Oc4ccc(CN5CC(F)C5)nn4)cc3)cc2)C1. The highest BCUT2D eigenvalue weighted by Crippen LogP contribution is 2.35. The second-order valence-corrected chi connectivity index (χ2v) is 12.5. The van der Waals surface area contributed by atoms with Gasteiger partial charge in [-0.05, 0) is 62.2 Å². The highest BCUT2D eigenvalue weighted by atomic mass is 19.1. The summed E-state index contributed by atoms with van der Waals surface area (Å²) in [6.45, 7) is 11.6. The van der Waals surface area contributed by atoms with Crippen molar-refractivity contribution in [3.63, 3.8) is 0 Å². The Hall–Kier alpha value is -3.72. The number of likely N-dealkylation sites (tertiary alicyclic amines) is 1. The number of amides is 1. The molecule has 1 aliphatic heterocycles. The van der Waals surface area contributed by atoms with Gasteiger partial charge in [-0.3, -0.25) is 4.90 Å². The van der Waals surface area contributed by atoms with E-state index in [0.717, 1.165) is 22.6 Å². The van der Waals surface area contributed by atoms with Crippen LogP contribution in [0.3, 0.4) is 0 Å². The van der Waals surface area contributed by atoms with Gasteiger partial charge in [-0.15, -0.1) is 5.10 Å². The second kappa shape index (κ2) is 11.6. The predicted octanol–water partition coefficient (Wildman–Crippen LogP) is 6.18. The molecule has 1 N–H and O–H groups in total. The van der Waals surface area contributed by atoms with Gasteiger partial charge in [0.05, 0.1) is 5.69 Å². The lowest BCUT2D eigenvalue weighted by Gasteiger charge is -2.35. The molecular formula is C32H39FN4O4. The van der Waals surface area contributed by atoms with E-state index in [1.165, 1.54) is 0 Å². The van der Waals surface area contributed by atoms with Crippen molar-refractivity contribution >= 4 is 6.09 Å². The smallest absolute Gasteiger partial charge is 0.407 e. The molecule has 5 rings (SSSR count). The monoisotopic (exact) mass is 562 g/mol. The molecule has 1 saturated carbocycles. The first kappa shape index (κ1) is 28.8. The highest BCUT2D eigenvalue weighted by Gasteiger charge is 2.35. The van der Waals surface area contributed by atoms with Crippen molar-refractivity contribution in [1.82, 2.24) is 20.4 Å². The van der Waals surface area contributed by atoms with Gasteiger partial charge in [-0.2, -0.15) is 5.10 Å². The summed E-state index contributed by atoms with van der Waals surface area (Å²) in [6.07, 6.45) is 0.199. The van der Waals surface area contributed by atoms with Gasteiger partial charge in [0.15, 0.2) is 0 Å². The zero-order valence-electron chi connectivity index (χ0n) is 24.4. The summed E-state index contributed by atoms with van der Waals surface area (Å²) in [6, 6.07) is 19.8. The molecule has 2 fully saturated rings. The summed E-state index contributed by atoms with van der Waals surface area (Å²) in [7, 11) is 0.